The van der Waals surface area contributed by atoms with Crippen molar-refractivity contribution in [2.24, 2.45) is 0 Å². The molecule has 3 aromatic heterocycles. The highest BCUT2D eigenvalue weighted by Gasteiger charge is 2.23. The maximum atomic E-state index is 5.45. The largest absolute Gasteiger partial charge is 0.291 e. The number of thiophene rings is 1. The van der Waals surface area contributed by atoms with Gasteiger partial charge in [-0.3, -0.25) is 4.57 Å². The van der Waals surface area contributed by atoms with E-state index in [2.05, 4.69) is 156 Å². The molecule has 232 valence electrons. The van der Waals surface area contributed by atoms with Crippen molar-refractivity contribution in [3.05, 3.63) is 164 Å². The molecule has 0 saturated heterocycles. The number of benzene rings is 8. The van der Waals surface area contributed by atoms with E-state index in [1.165, 1.54) is 63.6 Å². The van der Waals surface area contributed by atoms with Crippen LogP contribution in [0.1, 0.15) is 0 Å². The summed E-state index contributed by atoms with van der Waals surface area (Å²) in [6.07, 6.45) is 0. The van der Waals surface area contributed by atoms with Crippen LogP contribution in [0, 0.1) is 0 Å². The monoisotopic (exact) mass is 653 g/mol. The molecule has 0 amide bonds. The summed E-state index contributed by atoms with van der Waals surface area (Å²) in [5.74, 6) is 0.827. The third-order valence-electron chi connectivity index (χ3n) is 10.2. The first-order chi connectivity index (χ1) is 24.8. The molecule has 0 saturated carbocycles. The van der Waals surface area contributed by atoms with Crippen molar-refractivity contribution in [2.75, 3.05) is 0 Å². The van der Waals surface area contributed by atoms with Gasteiger partial charge in [0, 0.05) is 47.5 Å². The highest BCUT2D eigenvalue weighted by molar-refractivity contribution is 7.26. The Hall–Kier alpha value is -6.36. The molecule has 0 fully saturated rings. The van der Waals surface area contributed by atoms with E-state index in [0.29, 0.717) is 0 Å². The van der Waals surface area contributed by atoms with Gasteiger partial charge in [0.25, 0.3) is 0 Å². The van der Waals surface area contributed by atoms with E-state index in [1.807, 2.05) is 23.5 Å². The Balaban J connectivity index is 1.28. The molecule has 3 nitrogen and oxygen atoms in total. The number of nitrogens with zero attached hydrogens (tertiary/aromatic N) is 3. The molecule has 50 heavy (non-hydrogen) atoms. The number of fused-ring (bicyclic) bond motifs is 11. The molecular formula is C46H27N3S. The van der Waals surface area contributed by atoms with Crippen molar-refractivity contribution < 1.29 is 0 Å². The van der Waals surface area contributed by atoms with Crippen LogP contribution < -0.4 is 0 Å². The summed E-state index contributed by atoms with van der Waals surface area (Å²) in [5.41, 5.74) is 8.26. The van der Waals surface area contributed by atoms with Crippen LogP contribution in [0.15, 0.2) is 164 Å². The zero-order valence-electron chi connectivity index (χ0n) is 26.8. The average molecular weight is 654 g/mol. The van der Waals surface area contributed by atoms with E-state index >= 15 is 0 Å². The normalized spacial score (nSPS) is 12.0. The fraction of sp³-hybridized carbons (Fsp3) is 0. The van der Waals surface area contributed by atoms with Crippen molar-refractivity contribution in [2.45, 2.75) is 0 Å². The zero-order valence-corrected chi connectivity index (χ0v) is 27.7. The smallest absolute Gasteiger partial charge is 0.165 e. The van der Waals surface area contributed by atoms with E-state index < -0.39 is 0 Å². The van der Waals surface area contributed by atoms with Crippen molar-refractivity contribution in [3.63, 3.8) is 0 Å². The van der Waals surface area contributed by atoms with Gasteiger partial charge < -0.3 is 0 Å². The van der Waals surface area contributed by atoms with Crippen LogP contribution in [-0.2, 0) is 0 Å². The third kappa shape index (κ3) is 3.97. The molecule has 11 rings (SSSR count). The Morgan fingerprint density at radius 2 is 1.08 bits per heavy atom. The number of hydrogen-bond donors (Lipinski definition) is 0. The number of para-hydroxylation sites is 3. The van der Waals surface area contributed by atoms with Crippen LogP contribution in [0.3, 0.4) is 0 Å². The number of hydrogen-bond acceptors (Lipinski definition) is 3. The van der Waals surface area contributed by atoms with Gasteiger partial charge in [-0.1, -0.05) is 140 Å². The van der Waals surface area contributed by atoms with Gasteiger partial charge in [-0.25, -0.2) is 9.97 Å². The summed E-state index contributed by atoms with van der Waals surface area (Å²) in [5, 5.41) is 10.00. The van der Waals surface area contributed by atoms with Crippen LogP contribution in [0.25, 0.3) is 103 Å². The predicted octanol–water partition coefficient (Wildman–Crippen LogP) is 12.7. The number of rotatable bonds is 3. The summed E-state index contributed by atoms with van der Waals surface area (Å²) in [7, 11) is 0. The molecule has 0 aliphatic heterocycles. The van der Waals surface area contributed by atoms with Crippen molar-refractivity contribution >= 4 is 85.9 Å². The Labute approximate surface area is 291 Å². The second-order valence-corrected chi connectivity index (χ2v) is 14.0. The average Bonchev–Trinajstić information content (AvgIpc) is 3.74. The molecule has 0 spiro atoms. The minimum atomic E-state index is 0.827. The van der Waals surface area contributed by atoms with Gasteiger partial charge in [-0.05, 0) is 46.0 Å². The van der Waals surface area contributed by atoms with Gasteiger partial charge in [-0.15, -0.1) is 11.3 Å². The Morgan fingerprint density at radius 1 is 0.420 bits per heavy atom. The summed E-state index contributed by atoms with van der Waals surface area (Å²) in [4.78, 5) is 10.8. The molecule has 0 unspecified atom stereocenters. The topological polar surface area (TPSA) is 30.7 Å². The fourth-order valence-corrected chi connectivity index (χ4v) is 9.08. The van der Waals surface area contributed by atoms with Crippen LogP contribution in [-0.4, -0.2) is 14.5 Å². The van der Waals surface area contributed by atoms with Crippen LogP contribution in [0.5, 0.6) is 0 Å². The maximum Gasteiger partial charge on any atom is 0.165 e. The van der Waals surface area contributed by atoms with Crippen LogP contribution in [0.2, 0.25) is 0 Å². The molecular weight excluding hydrogens is 627 g/mol. The lowest BCUT2D eigenvalue weighted by atomic mass is 9.99. The summed E-state index contributed by atoms with van der Waals surface area (Å²) in [6.45, 7) is 0. The second-order valence-electron chi connectivity index (χ2n) is 12.9. The molecule has 0 N–H and O–H groups in total. The van der Waals surface area contributed by atoms with Gasteiger partial charge >= 0.3 is 0 Å². The van der Waals surface area contributed by atoms with Crippen LogP contribution >= 0.6 is 11.3 Å². The van der Waals surface area contributed by atoms with Gasteiger partial charge in [0.1, 0.15) is 5.69 Å². The van der Waals surface area contributed by atoms with Crippen LogP contribution in [0.4, 0.5) is 0 Å². The minimum Gasteiger partial charge on any atom is -0.291 e. The molecule has 0 bridgehead atoms. The van der Waals surface area contributed by atoms with Gasteiger partial charge in [0.2, 0.25) is 0 Å². The van der Waals surface area contributed by atoms with E-state index in [9.17, 15) is 0 Å². The van der Waals surface area contributed by atoms with Crippen molar-refractivity contribution in [3.8, 4) is 28.2 Å². The molecule has 8 aromatic carbocycles. The van der Waals surface area contributed by atoms with Gasteiger partial charge in [0.15, 0.2) is 5.82 Å². The fourth-order valence-electron chi connectivity index (χ4n) is 7.92. The molecule has 0 aliphatic rings. The van der Waals surface area contributed by atoms with Crippen molar-refractivity contribution in [1.29, 1.82) is 0 Å². The molecule has 4 heteroatoms. The highest BCUT2D eigenvalue weighted by atomic mass is 32.1. The van der Waals surface area contributed by atoms with E-state index in [-0.39, 0.29) is 0 Å². The molecule has 0 radical (unpaired) electrons. The quantitative estimate of drug-likeness (QED) is 0.190. The first kappa shape index (κ1) is 27.6. The summed E-state index contributed by atoms with van der Waals surface area (Å²) >= 11 is 1.87. The lowest BCUT2D eigenvalue weighted by molar-refractivity contribution is 1.08. The van der Waals surface area contributed by atoms with Crippen molar-refractivity contribution in [1.82, 2.24) is 14.5 Å². The van der Waals surface area contributed by atoms with E-state index in [0.717, 1.165) is 39.1 Å². The second kappa shape index (κ2) is 10.6. The van der Waals surface area contributed by atoms with E-state index in [4.69, 9.17) is 9.97 Å². The number of aromatic nitrogens is 3. The molecule has 11 aromatic rings. The standard InChI is InChI=1S/C46H27N3S/c1-2-13-30(14-3-1)43-46(48-39-20-9-8-19-38(39)47-43)49-44-33-16-7-5-12-29(33)21-24-36(44)35-18-10-17-34(45(35)49)31-22-25-37-41(27-31)50-40-26-23-28-11-4-6-15-32(28)42(37)40/h1-27H. The lowest BCUT2D eigenvalue weighted by Crippen LogP contribution is -2.04. The first-order valence-corrected chi connectivity index (χ1v) is 17.7. The summed E-state index contributed by atoms with van der Waals surface area (Å²) in [6, 6.07) is 58.8. The highest BCUT2D eigenvalue weighted by Crippen LogP contribution is 2.45. The van der Waals surface area contributed by atoms with E-state index in [1.54, 1.807) is 0 Å². The third-order valence-corrected chi connectivity index (χ3v) is 11.3. The molecule has 0 aliphatic carbocycles. The Kier molecular flexibility index (Phi) is 5.83. The molecule has 3 heterocycles. The van der Waals surface area contributed by atoms with Gasteiger partial charge in [-0.2, -0.15) is 0 Å². The first-order valence-electron chi connectivity index (χ1n) is 16.9. The SMILES string of the molecule is c1ccc(-c2nc3ccccc3nc2-n2c3c(-c4ccc5c(c4)sc4ccc6ccccc6c45)cccc3c3ccc4ccccc4c32)cc1. The predicted molar refractivity (Wildman–Crippen MR) is 213 cm³/mol. The maximum absolute atomic E-state index is 5.45. The molecule has 0 atom stereocenters. The summed E-state index contributed by atoms with van der Waals surface area (Å²) < 4.78 is 5.00. The lowest BCUT2D eigenvalue weighted by Gasteiger charge is -2.16. The Morgan fingerprint density at radius 3 is 1.94 bits per heavy atom. The minimum absolute atomic E-state index is 0.827. The zero-order chi connectivity index (χ0) is 32.8. The Bertz CT molecular complexity index is 3150. The van der Waals surface area contributed by atoms with Gasteiger partial charge in [0.05, 0.1) is 22.1 Å².